The molecule has 0 fully saturated rings. The summed E-state index contributed by atoms with van der Waals surface area (Å²) in [7, 11) is 0. The lowest BCUT2D eigenvalue weighted by molar-refractivity contribution is 0.0939. The first kappa shape index (κ1) is 20.3. The van der Waals surface area contributed by atoms with Crippen LogP contribution in [0.3, 0.4) is 0 Å². The normalized spacial score (nSPS) is 12.0. The summed E-state index contributed by atoms with van der Waals surface area (Å²) >= 11 is 0. The number of amides is 1. The summed E-state index contributed by atoms with van der Waals surface area (Å²) in [5, 5.41) is 6.83. The van der Waals surface area contributed by atoms with E-state index in [9.17, 15) is 14.4 Å². The van der Waals surface area contributed by atoms with Crippen molar-refractivity contribution in [1.29, 1.82) is 0 Å². The number of aromatic nitrogens is 3. The summed E-state index contributed by atoms with van der Waals surface area (Å²) in [6.07, 6.45) is 0. The Hall–Kier alpha value is -3.48. The van der Waals surface area contributed by atoms with E-state index in [1.807, 2.05) is 50.2 Å². The number of nitrogens with zero attached hydrogens (tertiary/aromatic N) is 3. The number of benzene rings is 2. The molecule has 1 amide bonds. The maximum absolute atomic E-state index is 13.2. The summed E-state index contributed by atoms with van der Waals surface area (Å²) in [6, 6.07) is 17.4. The van der Waals surface area contributed by atoms with E-state index in [0.29, 0.717) is 12.2 Å². The maximum atomic E-state index is 13.2. The van der Waals surface area contributed by atoms with Gasteiger partial charge in [-0.15, -0.1) is 0 Å². The van der Waals surface area contributed by atoms with E-state index in [2.05, 4.69) is 10.4 Å². The molecule has 7 heteroatoms. The lowest BCUT2D eigenvalue weighted by Gasteiger charge is -2.18. The van der Waals surface area contributed by atoms with Crippen molar-refractivity contribution in [2.24, 2.45) is 5.92 Å². The molecule has 1 heterocycles. The molecule has 29 heavy (non-hydrogen) atoms. The maximum Gasteiger partial charge on any atom is 0.352 e. The second kappa shape index (κ2) is 8.68. The minimum Gasteiger partial charge on any atom is -0.350 e. The second-order valence-electron chi connectivity index (χ2n) is 7.24. The van der Waals surface area contributed by atoms with Crippen molar-refractivity contribution in [3.8, 4) is 5.69 Å². The average molecular weight is 392 g/mol. The molecule has 3 aromatic rings. The third-order valence-corrected chi connectivity index (χ3v) is 4.56. The number of rotatable bonds is 6. The number of para-hydroxylation sites is 1. The molecule has 1 atom stereocenters. The minimum atomic E-state index is -0.709. The minimum absolute atomic E-state index is 0.212. The highest BCUT2D eigenvalue weighted by atomic mass is 16.2. The number of carbonyl (C=O) groups is 1. The van der Waals surface area contributed by atoms with Gasteiger partial charge in [-0.2, -0.15) is 9.78 Å². The van der Waals surface area contributed by atoms with Crippen LogP contribution >= 0.6 is 0 Å². The van der Waals surface area contributed by atoms with Gasteiger partial charge >= 0.3 is 5.69 Å². The molecule has 0 radical (unpaired) electrons. The zero-order valence-electron chi connectivity index (χ0n) is 16.7. The topological polar surface area (TPSA) is 86.0 Å². The molecule has 0 unspecified atom stereocenters. The summed E-state index contributed by atoms with van der Waals surface area (Å²) < 4.78 is 2.19. The Morgan fingerprint density at radius 3 is 2.14 bits per heavy atom. The molecule has 0 bridgehead atoms. The van der Waals surface area contributed by atoms with E-state index in [-0.39, 0.29) is 11.6 Å². The second-order valence-corrected chi connectivity index (χ2v) is 7.24. The van der Waals surface area contributed by atoms with Gasteiger partial charge in [0.25, 0.3) is 11.5 Å². The standard InChI is InChI=1S/C22H24N4O3/c1-15(2)14-23-20(27)19-21(28)25(16(3)17-10-6-4-7-11-17)22(29)26(24-19)18-12-8-5-9-13-18/h4-13,15-16H,14H2,1-3H3,(H,23,27)/t16-/m0/s1. The number of hydrogen-bond acceptors (Lipinski definition) is 4. The van der Waals surface area contributed by atoms with E-state index >= 15 is 0 Å². The number of carbonyl (C=O) groups excluding carboxylic acids is 1. The Balaban J connectivity index is 2.21. The molecule has 1 N–H and O–H groups in total. The van der Waals surface area contributed by atoms with Crippen molar-refractivity contribution in [1.82, 2.24) is 19.7 Å². The quantitative estimate of drug-likeness (QED) is 0.698. The van der Waals surface area contributed by atoms with Gasteiger partial charge in [-0.05, 0) is 30.5 Å². The molecule has 0 saturated heterocycles. The molecular weight excluding hydrogens is 368 g/mol. The van der Waals surface area contributed by atoms with Crippen molar-refractivity contribution in [2.75, 3.05) is 6.54 Å². The summed E-state index contributed by atoms with van der Waals surface area (Å²) in [4.78, 5) is 39.0. The fraction of sp³-hybridized carbons (Fsp3) is 0.273. The third kappa shape index (κ3) is 4.34. The zero-order valence-corrected chi connectivity index (χ0v) is 16.7. The molecule has 0 spiro atoms. The summed E-state index contributed by atoms with van der Waals surface area (Å²) in [5.74, 6) is -0.383. The number of hydrogen-bond donors (Lipinski definition) is 1. The van der Waals surface area contributed by atoms with Crippen LogP contribution in [0.25, 0.3) is 5.69 Å². The van der Waals surface area contributed by atoms with Crippen LogP contribution in [0.2, 0.25) is 0 Å². The van der Waals surface area contributed by atoms with Crippen LogP contribution in [0.1, 0.15) is 42.9 Å². The Morgan fingerprint density at radius 1 is 0.966 bits per heavy atom. The zero-order chi connectivity index (χ0) is 21.0. The molecule has 2 aromatic carbocycles. The van der Waals surface area contributed by atoms with Crippen LogP contribution in [-0.2, 0) is 0 Å². The van der Waals surface area contributed by atoms with Gasteiger partial charge in [-0.1, -0.05) is 62.4 Å². The molecule has 1 aromatic heterocycles. The first-order valence-electron chi connectivity index (χ1n) is 9.54. The van der Waals surface area contributed by atoms with Crippen molar-refractivity contribution < 1.29 is 4.79 Å². The van der Waals surface area contributed by atoms with Gasteiger partial charge in [0.1, 0.15) is 0 Å². The Bertz CT molecular complexity index is 1100. The molecule has 150 valence electrons. The predicted octanol–water partition coefficient (Wildman–Crippen LogP) is 2.39. The van der Waals surface area contributed by atoms with Crippen LogP contribution < -0.4 is 16.6 Å². The highest BCUT2D eigenvalue weighted by Crippen LogP contribution is 2.14. The van der Waals surface area contributed by atoms with E-state index in [1.165, 1.54) is 0 Å². The largest absolute Gasteiger partial charge is 0.352 e. The van der Waals surface area contributed by atoms with Crippen LogP contribution in [-0.4, -0.2) is 26.8 Å². The van der Waals surface area contributed by atoms with Gasteiger partial charge in [0.15, 0.2) is 0 Å². The van der Waals surface area contributed by atoms with Gasteiger partial charge < -0.3 is 5.32 Å². The van der Waals surface area contributed by atoms with Crippen molar-refractivity contribution in [2.45, 2.75) is 26.8 Å². The molecule has 3 rings (SSSR count). The summed E-state index contributed by atoms with van der Waals surface area (Å²) in [6.45, 7) is 6.06. The Labute approximate surface area is 168 Å². The molecule has 0 aliphatic rings. The highest BCUT2D eigenvalue weighted by molar-refractivity contribution is 5.91. The fourth-order valence-corrected chi connectivity index (χ4v) is 2.97. The predicted molar refractivity (Wildman–Crippen MR) is 112 cm³/mol. The number of nitrogens with one attached hydrogen (secondary N) is 1. The fourth-order valence-electron chi connectivity index (χ4n) is 2.97. The van der Waals surface area contributed by atoms with Crippen molar-refractivity contribution in [3.63, 3.8) is 0 Å². The third-order valence-electron chi connectivity index (χ3n) is 4.56. The van der Waals surface area contributed by atoms with Gasteiger partial charge in [0, 0.05) is 6.54 Å². The average Bonchev–Trinajstić information content (AvgIpc) is 2.73. The first-order valence-corrected chi connectivity index (χ1v) is 9.54. The van der Waals surface area contributed by atoms with Gasteiger partial charge in [0.05, 0.1) is 11.7 Å². The van der Waals surface area contributed by atoms with E-state index in [1.54, 1.807) is 31.2 Å². The molecule has 7 nitrogen and oxygen atoms in total. The molecule has 0 aliphatic heterocycles. The van der Waals surface area contributed by atoms with Gasteiger partial charge in [-0.3, -0.25) is 9.59 Å². The molecule has 0 aliphatic carbocycles. The van der Waals surface area contributed by atoms with Crippen LogP contribution in [0.15, 0.2) is 70.3 Å². The molecular formula is C22H24N4O3. The molecule has 0 saturated carbocycles. The smallest absolute Gasteiger partial charge is 0.350 e. The Morgan fingerprint density at radius 2 is 1.55 bits per heavy atom. The van der Waals surface area contributed by atoms with Crippen molar-refractivity contribution >= 4 is 5.91 Å². The lowest BCUT2D eigenvalue weighted by Crippen LogP contribution is -2.47. The van der Waals surface area contributed by atoms with Crippen LogP contribution in [0, 0.1) is 5.92 Å². The van der Waals surface area contributed by atoms with Gasteiger partial charge in [-0.25, -0.2) is 9.36 Å². The summed E-state index contributed by atoms with van der Waals surface area (Å²) in [5.41, 5.74) is -0.356. The van der Waals surface area contributed by atoms with Crippen molar-refractivity contribution in [3.05, 3.63) is 92.8 Å². The van der Waals surface area contributed by atoms with E-state index < -0.39 is 23.2 Å². The van der Waals surface area contributed by atoms with Gasteiger partial charge in [0.2, 0.25) is 5.69 Å². The van der Waals surface area contributed by atoms with Crippen LogP contribution in [0.5, 0.6) is 0 Å². The lowest BCUT2D eigenvalue weighted by atomic mass is 10.1. The first-order chi connectivity index (χ1) is 13.9. The Kier molecular flexibility index (Phi) is 6.07. The monoisotopic (exact) mass is 392 g/mol. The SMILES string of the molecule is CC(C)CNC(=O)c1nn(-c2ccccc2)c(=O)n([C@@H](C)c2ccccc2)c1=O. The van der Waals surface area contributed by atoms with E-state index in [0.717, 1.165) is 14.8 Å². The van der Waals surface area contributed by atoms with Crippen LogP contribution in [0.4, 0.5) is 0 Å². The highest BCUT2D eigenvalue weighted by Gasteiger charge is 2.23. The van der Waals surface area contributed by atoms with E-state index in [4.69, 9.17) is 0 Å².